The summed E-state index contributed by atoms with van der Waals surface area (Å²) in [6.45, 7) is 1.90. The monoisotopic (exact) mass is 386 g/mol. The second kappa shape index (κ2) is 10.3. The topological polar surface area (TPSA) is 82.1 Å². The first-order chi connectivity index (χ1) is 13.5. The van der Waals surface area contributed by atoms with Crippen molar-refractivity contribution < 1.29 is 28.9 Å². The van der Waals surface area contributed by atoms with Gasteiger partial charge in [0.25, 0.3) is 0 Å². The molecule has 6 heteroatoms. The highest BCUT2D eigenvalue weighted by molar-refractivity contribution is 5.81. The van der Waals surface area contributed by atoms with Crippen molar-refractivity contribution in [2.24, 2.45) is 11.8 Å². The van der Waals surface area contributed by atoms with Crippen molar-refractivity contribution in [3.05, 3.63) is 59.7 Å². The van der Waals surface area contributed by atoms with Crippen molar-refractivity contribution in [2.45, 2.75) is 19.8 Å². The van der Waals surface area contributed by atoms with Crippen molar-refractivity contribution in [2.75, 3.05) is 20.8 Å². The maximum Gasteiger partial charge on any atom is 0.310 e. The van der Waals surface area contributed by atoms with Gasteiger partial charge in [0.1, 0.15) is 11.5 Å². The summed E-state index contributed by atoms with van der Waals surface area (Å²) in [6, 6.07) is 14.5. The van der Waals surface area contributed by atoms with E-state index in [2.05, 4.69) is 0 Å². The molecule has 0 amide bonds. The molecular formula is C22H26O6. The minimum Gasteiger partial charge on any atom is -0.497 e. The van der Waals surface area contributed by atoms with Gasteiger partial charge in [0.15, 0.2) is 0 Å². The fraction of sp³-hybridized carbons (Fsp3) is 0.364. The molecule has 0 aliphatic heterocycles. The molecular weight excluding hydrogens is 360 g/mol. The minimum absolute atomic E-state index is 0.193. The largest absolute Gasteiger partial charge is 0.497 e. The van der Waals surface area contributed by atoms with E-state index in [0.29, 0.717) is 11.5 Å². The van der Waals surface area contributed by atoms with Gasteiger partial charge in [0, 0.05) is 0 Å². The van der Waals surface area contributed by atoms with Crippen molar-refractivity contribution in [3.8, 4) is 11.5 Å². The molecule has 150 valence electrons. The number of hydrogen-bond acceptors (Lipinski definition) is 5. The van der Waals surface area contributed by atoms with Gasteiger partial charge in [-0.1, -0.05) is 24.3 Å². The number of ether oxygens (including phenoxy) is 3. The highest BCUT2D eigenvalue weighted by Gasteiger charge is 2.35. The van der Waals surface area contributed by atoms with Crippen LogP contribution in [0.4, 0.5) is 0 Å². The Morgan fingerprint density at radius 2 is 1.39 bits per heavy atom. The molecule has 0 aromatic heterocycles. The maximum absolute atomic E-state index is 12.6. The van der Waals surface area contributed by atoms with Crippen LogP contribution in [0.2, 0.25) is 0 Å². The Morgan fingerprint density at radius 1 is 0.893 bits per heavy atom. The summed E-state index contributed by atoms with van der Waals surface area (Å²) in [7, 11) is 3.11. The molecule has 0 aliphatic carbocycles. The van der Waals surface area contributed by atoms with E-state index < -0.39 is 23.8 Å². The molecule has 0 fully saturated rings. The van der Waals surface area contributed by atoms with Crippen molar-refractivity contribution in [1.29, 1.82) is 0 Å². The lowest BCUT2D eigenvalue weighted by molar-refractivity contribution is -0.157. The van der Waals surface area contributed by atoms with Gasteiger partial charge in [0.2, 0.25) is 0 Å². The first kappa shape index (κ1) is 21.3. The Bertz CT molecular complexity index is 801. The van der Waals surface area contributed by atoms with Crippen LogP contribution >= 0.6 is 0 Å². The summed E-state index contributed by atoms with van der Waals surface area (Å²) >= 11 is 0. The molecule has 1 N–H and O–H groups in total. The van der Waals surface area contributed by atoms with Crippen molar-refractivity contribution in [3.63, 3.8) is 0 Å². The van der Waals surface area contributed by atoms with E-state index in [1.54, 1.807) is 51.5 Å². The molecule has 0 heterocycles. The van der Waals surface area contributed by atoms with E-state index in [9.17, 15) is 14.7 Å². The zero-order chi connectivity index (χ0) is 20.5. The number of carboxylic acid groups (broad SMARTS) is 1. The summed E-state index contributed by atoms with van der Waals surface area (Å²) in [5.74, 6) is -2.01. The van der Waals surface area contributed by atoms with Crippen molar-refractivity contribution in [1.82, 2.24) is 0 Å². The number of hydrogen-bond donors (Lipinski definition) is 1. The number of carboxylic acids is 1. The summed E-state index contributed by atoms with van der Waals surface area (Å²) in [4.78, 5) is 24.7. The quantitative estimate of drug-likeness (QED) is 0.631. The van der Waals surface area contributed by atoms with Crippen LogP contribution < -0.4 is 9.47 Å². The Labute approximate surface area is 165 Å². The Kier molecular flexibility index (Phi) is 7.87. The SMILES string of the molecule is CCOC(=O)[C@H](Cc1cccc(OC)c1)[C@@H](Cc1cccc(OC)c1)C(=O)O. The lowest BCUT2D eigenvalue weighted by atomic mass is 9.82. The average Bonchev–Trinajstić information content (AvgIpc) is 2.70. The molecule has 2 rings (SSSR count). The molecule has 2 aromatic rings. The molecule has 0 saturated heterocycles. The minimum atomic E-state index is -1.04. The highest BCUT2D eigenvalue weighted by Crippen LogP contribution is 2.27. The molecule has 0 unspecified atom stereocenters. The molecule has 2 atom stereocenters. The molecule has 6 nitrogen and oxygen atoms in total. The normalized spacial score (nSPS) is 12.7. The number of carbonyl (C=O) groups excluding carboxylic acids is 1. The van der Waals surface area contributed by atoms with E-state index in [1.807, 2.05) is 18.2 Å². The predicted octanol–water partition coefficient (Wildman–Crippen LogP) is 3.37. The predicted molar refractivity (Wildman–Crippen MR) is 105 cm³/mol. The second-order valence-electron chi connectivity index (χ2n) is 6.41. The van der Waals surface area contributed by atoms with Gasteiger partial charge in [-0.2, -0.15) is 0 Å². The Balaban J connectivity index is 2.33. The average molecular weight is 386 g/mol. The highest BCUT2D eigenvalue weighted by atomic mass is 16.5. The van der Waals surface area contributed by atoms with Gasteiger partial charge >= 0.3 is 11.9 Å². The van der Waals surface area contributed by atoms with Crippen LogP contribution in [0, 0.1) is 11.8 Å². The van der Waals surface area contributed by atoms with E-state index in [4.69, 9.17) is 14.2 Å². The molecule has 0 radical (unpaired) electrons. The lowest BCUT2D eigenvalue weighted by Crippen LogP contribution is -2.34. The van der Waals surface area contributed by atoms with Crippen LogP contribution in [0.15, 0.2) is 48.5 Å². The van der Waals surface area contributed by atoms with Gasteiger partial charge in [-0.25, -0.2) is 0 Å². The third kappa shape index (κ3) is 5.74. The first-order valence-corrected chi connectivity index (χ1v) is 9.13. The zero-order valence-corrected chi connectivity index (χ0v) is 16.4. The summed E-state index contributed by atoms with van der Waals surface area (Å²) in [6.07, 6.45) is 0.441. The lowest BCUT2D eigenvalue weighted by Gasteiger charge is -2.23. The van der Waals surface area contributed by atoms with Crippen LogP contribution in [0.5, 0.6) is 11.5 Å². The van der Waals surface area contributed by atoms with E-state index in [0.717, 1.165) is 11.1 Å². The van der Waals surface area contributed by atoms with Gasteiger partial charge in [-0.15, -0.1) is 0 Å². The molecule has 0 aliphatic rings. The van der Waals surface area contributed by atoms with Gasteiger partial charge in [-0.05, 0) is 55.2 Å². The van der Waals surface area contributed by atoms with Crippen LogP contribution in [0.1, 0.15) is 18.1 Å². The fourth-order valence-electron chi connectivity index (χ4n) is 3.15. The number of rotatable bonds is 10. The van der Waals surface area contributed by atoms with Gasteiger partial charge in [-0.3, -0.25) is 9.59 Å². The number of benzene rings is 2. The second-order valence-corrected chi connectivity index (χ2v) is 6.41. The molecule has 28 heavy (non-hydrogen) atoms. The van der Waals surface area contributed by atoms with Crippen LogP contribution in [0.3, 0.4) is 0 Å². The number of methoxy groups -OCH3 is 2. The summed E-state index contributed by atoms with van der Waals surface area (Å²) < 4.78 is 15.6. The smallest absolute Gasteiger partial charge is 0.310 e. The molecule has 0 spiro atoms. The Morgan fingerprint density at radius 3 is 1.82 bits per heavy atom. The van der Waals surface area contributed by atoms with E-state index in [-0.39, 0.29) is 19.4 Å². The molecule has 2 aromatic carbocycles. The number of esters is 1. The first-order valence-electron chi connectivity index (χ1n) is 9.13. The van der Waals surface area contributed by atoms with E-state index in [1.165, 1.54) is 0 Å². The van der Waals surface area contributed by atoms with Crippen LogP contribution in [0.25, 0.3) is 0 Å². The van der Waals surface area contributed by atoms with Gasteiger partial charge < -0.3 is 19.3 Å². The van der Waals surface area contributed by atoms with E-state index >= 15 is 0 Å². The molecule has 0 bridgehead atoms. The fourth-order valence-corrected chi connectivity index (χ4v) is 3.15. The maximum atomic E-state index is 12.6. The van der Waals surface area contributed by atoms with Gasteiger partial charge in [0.05, 0.1) is 32.7 Å². The number of aliphatic carboxylic acids is 1. The third-order valence-electron chi connectivity index (χ3n) is 4.57. The number of carbonyl (C=O) groups is 2. The third-order valence-corrected chi connectivity index (χ3v) is 4.57. The zero-order valence-electron chi connectivity index (χ0n) is 16.4. The van der Waals surface area contributed by atoms with Crippen molar-refractivity contribution >= 4 is 11.9 Å². The van der Waals surface area contributed by atoms with Crippen LogP contribution in [-0.4, -0.2) is 37.9 Å². The standard InChI is InChI=1S/C22H26O6/c1-4-28-22(25)20(14-16-8-6-10-18(12-16)27-3)19(21(23)24)13-15-7-5-9-17(11-15)26-2/h5-12,19-20H,4,13-14H2,1-3H3,(H,23,24)/t19-,20-/m1/s1. The molecule has 0 saturated carbocycles. The Hall–Kier alpha value is -3.02. The summed E-state index contributed by atoms with van der Waals surface area (Å²) in [5.41, 5.74) is 1.60. The van der Waals surface area contributed by atoms with Crippen LogP contribution in [-0.2, 0) is 27.2 Å². The summed E-state index contributed by atoms with van der Waals surface area (Å²) in [5, 5.41) is 9.86.